The fourth-order valence-corrected chi connectivity index (χ4v) is 3.65. The van der Waals surface area contributed by atoms with Crippen LogP contribution in [0.4, 0.5) is 5.69 Å². The Morgan fingerprint density at radius 3 is 2.71 bits per heavy atom. The first kappa shape index (κ1) is 20.0. The van der Waals surface area contributed by atoms with Gasteiger partial charge in [-0.15, -0.1) is 0 Å². The quantitative estimate of drug-likeness (QED) is 0.439. The van der Waals surface area contributed by atoms with E-state index < -0.39 is 0 Å². The first-order chi connectivity index (χ1) is 13.7. The summed E-state index contributed by atoms with van der Waals surface area (Å²) in [6, 6.07) is 16.4. The SMILES string of the molecule is CN=C(NCCCCn1c(C)cccc1=O)NC1CCN(c2ccccc2)C1. The van der Waals surface area contributed by atoms with Crippen molar-refractivity contribution in [1.82, 2.24) is 15.2 Å². The topological polar surface area (TPSA) is 61.7 Å². The van der Waals surface area contributed by atoms with Crippen molar-refractivity contribution in [3.8, 4) is 0 Å². The smallest absolute Gasteiger partial charge is 0.250 e. The number of unbranched alkanes of at least 4 members (excludes halogenated alkanes) is 1. The number of guanidine groups is 1. The lowest BCUT2D eigenvalue weighted by molar-refractivity contribution is 0.571. The zero-order chi connectivity index (χ0) is 19.8. The molecule has 1 aromatic carbocycles. The van der Waals surface area contributed by atoms with Crippen LogP contribution in [0.5, 0.6) is 0 Å². The van der Waals surface area contributed by atoms with Gasteiger partial charge in [0.1, 0.15) is 0 Å². The molecular formula is C22H31N5O. The van der Waals surface area contributed by atoms with E-state index in [2.05, 4.69) is 50.9 Å². The van der Waals surface area contributed by atoms with Gasteiger partial charge in [0.2, 0.25) is 0 Å². The van der Waals surface area contributed by atoms with Crippen molar-refractivity contribution < 1.29 is 0 Å². The molecule has 0 amide bonds. The number of benzene rings is 1. The monoisotopic (exact) mass is 381 g/mol. The van der Waals surface area contributed by atoms with Gasteiger partial charge in [-0.05, 0) is 44.4 Å². The Bertz CT molecular complexity index is 830. The van der Waals surface area contributed by atoms with Crippen molar-refractivity contribution in [1.29, 1.82) is 0 Å². The van der Waals surface area contributed by atoms with Crippen LogP contribution in [0.3, 0.4) is 0 Å². The Morgan fingerprint density at radius 2 is 1.96 bits per heavy atom. The summed E-state index contributed by atoms with van der Waals surface area (Å²) in [4.78, 5) is 18.7. The molecule has 0 spiro atoms. The molecule has 0 radical (unpaired) electrons. The molecule has 2 aromatic rings. The van der Waals surface area contributed by atoms with E-state index >= 15 is 0 Å². The summed E-state index contributed by atoms with van der Waals surface area (Å²) in [6.07, 6.45) is 3.05. The molecule has 1 aromatic heterocycles. The highest BCUT2D eigenvalue weighted by Crippen LogP contribution is 2.19. The van der Waals surface area contributed by atoms with E-state index in [-0.39, 0.29) is 5.56 Å². The Hall–Kier alpha value is -2.76. The molecule has 0 bridgehead atoms. The number of hydrogen-bond acceptors (Lipinski definition) is 3. The normalized spacial score (nSPS) is 17.0. The van der Waals surface area contributed by atoms with E-state index in [9.17, 15) is 4.79 Å². The second kappa shape index (κ2) is 9.97. The van der Waals surface area contributed by atoms with Gasteiger partial charge in [0.05, 0.1) is 0 Å². The van der Waals surface area contributed by atoms with Crippen LogP contribution >= 0.6 is 0 Å². The second-order valence-electron chi connectivity index (χ2n) is 7.27. The Labute approximate surface area is 167 Å². The summed E-state index contributed by atoms with van der Waals surface area (Å²) in [5.41, 5.74) is 2.37. The lowest BCUT2D eigenvalue weighted by atomic mass is 10.2. The van der Waals surface area contributed by atoms with Crippen LogP contribution in [0.2, 0.25) is 0 Å². The molecule has 0 aliphatic carbocycles. The van der Waals surface area contributed by atoms with Crippen molar-refractivity contribution in [3.05, 3.63) is 64.6 Å². The molecule has 6 heteroatoms. The molecule has 1 saturated heterocycles. The number of aromatic nitrogens is 1. The summed E-state index contributed by atoms with van der Waals surface area (Å²) in [7, 11) is 1.81. The molecule has 2 N–H and O–H groups in total. The van der Waals surface area contributed by atoms with Gasteiger partial charge in [0.15, 0.2) is 5.96 Å². The number of nitrogens with one attached hydrogen (secondary N) is 2. The molecule has 1 unspecified atom stereocenters. The average molecular weight is 382 g/mol. The van der Waals surface area contributed by atoms with E-state index in [0.29, 0.717) is 6.04 Å². The van der Waals surface area contributed by atoms with Crippen molar-refractivity contribution in [3.63, 3.8) is 0 Å². The van der Waals surface area contributed by atoms with Crippen LogP contribution in [0.1, 0.15) is 25.0 Å². The highest BCUT2D eigenvalue weighted by atomic mass is 16.1. The molecular weight excluding hydrogens is 350 g/mol. The summed E-state index contributed by atoms with van der Waals surface area (Å²) in [5, 5.41) is 6.93. The lowest BCUT2D eigenvalue weighted by Gasteiger charge is -2.20. The van der Waals surface area contributed by atoms with Crippen molar-refractivity contribution in [2.45, 2.75) is 38.8 Å². The molecule has 1 fully saturated rings. The molecule has 1 aliphatic heterocycles. The summed E-state index contributed by atoms with van der Waals surface area (Å²) >= 11 is 0. The molecule has 28 heavy (non-hydrogen) atoms. The minimum atomic E-state index is 0.0784. The number of aliphatic imine (C=N–C) groups is 1. The minimum Gasteiger partial charge on any atom is -0.369 e. The van der Waals surface area contributed by atoms with Crippen molar-refractivity contribution in [2.24, 2.45) is 4.99 Å². The first-order valence-corrected chi connectivity index (χ1v) is 10.1. The van der Waals surface area contributed by atoms with E-state index in [0.717, 1.165) is 57.1 Å². The number of para-hydroxylation sites is 1. The predicted octanol–water partition coefficient (Wildman–Crippen LogP) is 2.38. The Kier molecular flexibility index (Phi) is 7.12. The fourth-order valence-electron chi connectivity index (χ4n) is 3.65. The van der Waals surface area contributed by atoms with Crippen molar-refractivity contribution >= 4 is 11.6 Å². The van der Waals surface area contributed by atoms with Gasteiger partial charge in [-0.25, -0.2) is 0 Å². The van der Waals surface area contributed by atoms with Gasteiger partial charge < -0.3 is 20.1 Å². The zero-order valence-electron chi connectivity index (χ0n) is 16.9. The third kappa shape index (κ3) is 5.38. The van der Waals surface area contributed by atoms with Crippen LogP contribution in [0, 0.1) is 6.92 Å². The fraction of sp³-hybridized carbons (Fsp3) is 0.455. The number of hydrogen-bond donors (Lipinski definition) is 2. The number of rotatable bonds is 7. The highest BCUT2D eigenvalue weighted by Gasteiger charge is 2.23. The van der Waals surface area contributed by atoms with Crippen LogP contribution in [-0.4, -0.2) is 43.3 Å². The van der Waals surface area contributed by atoms with Gasteiger partial charge in [0, 0.05) is 56.7 Å². The zero-order valence-corrected chi connectivity index (χ0v) is 16.9. The second-order valence-corrected chi connectivity index (χ2v) is 7.27. The predicted molar refractivity (Wildman–Crippen MR) is 116 cm³/mol. The Balaban J connectivity index is 1.38. The van der Waals surface area contributed by atoms with Crippen LogP contribution in [0.15, 0.2) is 58.3 Å². The minimum absolute atomic E-state index is 0.0784. The molecule has 1 atom stereocenters. The third-order valence-corrected chi connectivity index (χ3v) is 5.24. The van der Waals surface area contributed by atoms with Gasteiger partial charge >= 0.3 is 0 Å². The van der Waals surface area contributed by atoms with Gasteiger partial charge in [-0.2, -0.15) is 0 Å². The lowest BCUT2D eigenvalue weighted by Crippen LogP contribution is -2.44. The molecule has 3 rings (SSSR count). The molecule has 1 aliphatic rings. The number of anilines is 1. The van der Waals surface area contributed by atoms with E-state index in [1.807, 2.05) is 30.7 Å². The Morgan fingerprint density at radius 1 is 1.14 bits per heavy atom. The van der Waals surface area contributed by atoms with Crippen LogP contribution in [-0.2, 0) is 6.54 Å². The van der Waals surface area contributed by atoms with Crippen LogP contribution < -0.4 is 21.1 Å². The number of nitrogens with zero attached hydrogens (tertiary/aromatic N) is 3. The first-order valence-electron chi connectivity index (χ1n) is 10.1. The molecule has 150 valence electrons. The maximum absolute atomic E-state index is 11.9. The summed E-state index contributed by atoms with van der Waals surface area (Å²) in [5.74, 6) is 0.855. The van der Waals surface area contributed by atoms with E-state index in [4.69, 9.17) is 0 Å². The average Bonchev–Trinajstić information content (AvgIpc) is 3.18. The highest BCUT2D eigenvalue weighted by molar-refractivity contribution is 5.80. The number of pyridine rings is 1. The molecule has 2 heterocycles. The number of aryl methyl sites for hydroxylation is 1. The largest absolute Gasteiger partial charge is 0.369 e. The standard InChI is InChI=1S/C22H31N5O/c1-18-9-8-12-21(28)27(18)15-7-6-14-24-22(23-2)25-19-13-16-26(17-19)20-10-4-3-5-11-20/h3-5,8-12,19H,6-7,13-17H2,1-2H3,(H2,23,24,25). The van der Waals surface area contributed by atoms with Gasteiger partial charge in [0.25, 0.3) is 5.56 Å². The van der Waals surface area contributed by atoms with Gasteiger partial charge in [-0.1, -0.05) is 24.3 Å². The van der Waals surface area contributed by atoms with Crippen molar-refractivity contribution in [2.75, 3.05) is 31.6 Å². The van der Waals surface area contributed by atoms with Crippen LogP contribution in [0.25, 0.3) is 0 Å². The maximum atomic E-state index is 11.9. The molecule has 0 saturated carbocycles. The van der Waals surface area contributed by atoms with Gasteiger partial charge in [-0.3, -0.25) is 9.79 Å². The molecule has 6 nitrogen and oxygen atoms in total. The third-order valence-electron chi connectivity index (χ3n) is 5.24. The summed E-state index contributed by atoms with van der Waals surface area (Å²) in [6.45, 7) is 5.62. The van der Waals surface area contributed by atoms with E-state index in [1.54, 1.807) is 6.07 Å². The maximum Gasteiger partial charge on any atom is 0.250 e. The van der Waals surface area contributed by atoms with E-state index in [1.165, 1.54) is 5.69 Å². The summed E-state index contributed by atoms with van der Waals surface area (Å²) < 4.78 is 1.84.